The third-order valence-electron chi connectivity index (χ3n) is 6.27. The van der Waals surface area contributed by atoms with Crippen molar-refractivity contribution in [3.05, 3.63) is 75.8 Å². The lowest BCUT2D eigenvalue weighted by molar-refractivity contribution is 0.169. The number of piperidine rings is 1. The number of aromatic amines is 1. The summed E-state index contributed by atoms with van der Waals surface area (Å²) in [5.74, 6) is 0.700. The van der Waals surface area contributed by atoms with Gasteiger partial charge in [-0.3, -0.25) is 9.69 Å². The maximum Gasteiger partial charge on any atom is 0.276 e. The second-order valence-electron chi connectivity index (χ2n) is 8.27. The fraction of sp³-hybridized carbons (Fsp3) is 0.333. The van der Waals surface area contributed by atoms with Crippen molar-refractivity contribution < 1.29 is 0 Å². The molecule has 0 bridgehead atoms. The summed E-state index contributed by atoms with van der Waals surface area (Å²) in [7, 11) is 0. The van der Waals surface area contributed by atoms with Crippen molar-refractivity contribution in [1.29, 1.82) is 0 Å². The van der Waals surface area contributed by atoms with E-state index < -0.39 is 0 Å². The molecule has 0 spiro atoms. The highest BCUT2D eigenvalue weighted by molar-refractivity contribution is 6.31. The van der Waals surface area contributed by atoms with E-state index in [2.05, 4.69) is 49.8 Å². The zero-order valence-corrected chi connectivity index (χ0v) is 17.6. The summed E-state index contributed by atoms with van der Waals surface area (Å²) in [4.78, 5) is 22.3. The number of nitrogens with one attached hydrogen (secondary N) is 1. The third-order valence-corrected chi connectivity index (χ3v) is 6.51. The van der Waals surface area contributed by atoms with Crippen LogP contribution in [-0.4, -0.2) is 32.5 Å². The summed E-state index contributed by atoms with van der Waals surface area (Å²) in [6.45, 7) is 4.19. The van der Waals surface area contributed by atoms with Crippen LogP contribution >= 0.6 is 11.6 Å². The van der Waals surface area contributed by atoms with Gasteiger partial charge < -0.3 is 9.55 Å². The van der Waals surface area contributed by atoms with Crippen LogP contribution in [0.1, 0.15) is 24.8 Å². The lowest BCUT2D eigenvalue weighted by Gasteiger charge is -2.32. The topological polar surface area (TPSA) is 53.9 Å². The van der Waals surface area contributed by atoms with E-state index in [0.717, 1.165) is 49.0 Å². The number of hydrogen-bond donors (Lipinski definition) is 1. The zero-order valence-electron chi connectivity index (χ0n) is 16.9. The number of aryl methyl sites for hydroxylation is 1. The average molecular weight is 421 g/mol. The normalized spacial score (nSPS) is 15.9. The van der Waals surface area contributed by atoms with Crippen LogP contribution in [0.5, 0.6) is 0 Å². The minimum atomic E-state index is -0.146. The van der Waals surface area contributed by atoms with Gasteiger partial charge in [0.05, 0.1) is 17.4 Å². The quantitative estimate of drug-likeness (QED) is 0.503. The Labute approximate surface area is 180 Å². The lowest BCUT2D eigenvalue weighted by Crippen LogP contribution is -2.33. The number of benzene rings is 2. The summed E-state index contributed by atoms with van der Waals surface area (Å²) in [5.41, 5.74) is 3.41. The molecule has 0 amide bonds. The molecule has 5 nitrogen and oxygen atoms in total. The number of hydrogen-bond acceptors (Lipinski definition) is 3. The fourth-order valence-corrected chi connectivity index (χ4v) is 4.77. The van der Waals surface area contributed by atoms with Crippen molar-refractivity contribution >= 4 is 33.5 Å². The molecular weight excluding hydrogens is 396 g/mol. The van der Waals surface area contributed by atoms with Gasteiger partial charge in [0.1, 0.15) is 0 Å². The van der Waals surface area contributed by atoms with Gasteiger partial charge in [-0.25, -0.2) is 4.98 Å². The largest absolute Gasteiger partial charge is 0.330 e. The minimum absolute atomic E-state index is 0.146. The van der Waals surface area contributed by atoms with Gasteiger partial charge in [0.2, 0.25) is 0 Å². The summed E-state index contributed by atoms with van der Waals surface area (Å²) in [6, 6.07) is 16.3. The number of aromatic nitrogens is 3. The Hall–Kier alpha value is -2.63. The van der Waals surface area contributed by atoms with E-state index in [-0.39, 0.29) is 5.56 Å². The van der Waals surface area contributed by atoms with Gasteiger partial charge in [-0.05, 0) is 62.0 Å². The van der Waals surface area contributed by atoms with Crippen LogP contribution in [0.25, 0.3) is 21.9 Å². The van der Waals surface area contributed by atoms with Gasteiger partial charge in [0.25, 0.3) is 5.56 Å². The van der Waals surface area contributed by atoms with E-state index in [4.69, 9.17) is 11.6 Å². The zero-order chi connectivity index (χ0) is 20.5. The van der Waals surface area contributed by atoms with Crippen LogP contribution in [0.3, 0.4) is 0 Å². The predicted octanol–water partition coefficient (Wildman–Crippen LogP) is 4.83. The molecule has 4 aromatic rings. The smallest absolute Gasteiger partial charge is 0.276 e. The molecule has 1 aliphatic rings. The molecule has 1 N–H and O–H groups in total. The Balaban J connectivity index is 1.28. The van der Waals surface area contributed by atoms with Gasteiger partial charge in [-0.15, -0.1) is 0 Å². The molecule has 0 radical (unpaired) electrons. The second kappa shape index (κ2) is 8.25. The number of halogens is 1. The number of pyridine rings is 1. The van der Waals surface area contributed by atoms with E-state index in [1.54, 1.807) is 12.4 Å². The highest BCUT2D eigenvalue weighted by Gasteiger charge is 2.20. The number of imidazole rings is 1. The van der Waals surface area contributed by atoms with Crippen LogP contribution in [0, 0.1) is 5.92 Å². The molecule has 3 heterocycles. The molecule has 0 aliphatic carbocycles. The second-order valence-corrected chi connectivity index (χ2v) is 8.71. The van der Waals surface area contributed by atoms with Crippen molar-refractivity contribution in [1.82, 2.24) is 19.4 Å². The monoisotopic (exact) mass is 420 g/mol. The Morgan fingerprint density at radius 3 is 2.70 bits per heavy atom. The van der Waals surface area contributed by atoms with E-state index >= 15 is 0 Å². The molecule has 6 heteroatoms. The molecular formula is C24H25ClN4O. The van der Waals surface area contributed by atoms with Crippen LogP contribution in [0.15, 0.2) is 59.7 Å². The molecule has 1 saturated heterocycles. The van der Waals surface area contributed by atoms with Gasteiger partial charge in [-0.2, -0.15) is 0 Å². The van der Waals surface area contributed by atoms with Crippen LogP contribution in [-0.2, 0) is 13.1 Å². The summed E-state index contributed by atoms with van der Waals surface area (Å²) >= 11 is 6.22. The van der Waals surface area contributed by atoms with Crippen molar-refractivity contribution in [3.63, 3.8) is 0 Å². The maximum atomic E-state index is 12.4. The first-order chi connectivity index (χ1) is 14.7. The standard InChI is InChI=1S/C24H25ClN4O/c25-19-6-7-21-20(14-19)23-22(24(30)27-21)26-16-29(23)13-10-17-8-11-28(12-9-17)15-18-4-2-1-3-5-18/h1-7,14,16-17H,8-13,15H2,(H,27,30). The number of fused-ring (bicyclic) bond motifs is 3. The van der Waals surface area contributed by atoms with Gasteiger partial charge in [0.15, 0.2) is 5.52 Å². The third kappa shape index (κ3) is 3.87. The Kier molecular flexibility index (Phi) is 5.32. The van der Waals surface area contributed by atoms with Crippen LogP contribution in [0.2, 0.25) is 5.02 Å². The molecule has 1 aliphatic heterocycles. The molecule has 154 valence electrons. The molecule has 2 aromatic carbocycles. The molecule has 5 rings (SSSR count). The molecule has 0 atom stereocenters. The highest BCUT2D eigenvalue weighted by Crippen LogP contribution is 2.26. The van der Waals surface area contributed by atoms with E-state index in [0.29, 0.717) is 16.5 Å². The summed E-state index contributed by atoms with van der Waals surface area (Å²) < 4.78 is 2.12. The maximum absolute atomic E-state index is 12.4. The first-order valence-corrected chi connectivity index (χ1v) is 11.0. The Bertz CT molecular complexity index is 1220. The lowest BCUT2D eigenvalue weighted by atomic mass is 9.93. The number of likely N-dealkylation sites (tertiary alicyclic amines) is 1. The average Bonchev–Trinajstić information content (AvgIpc) is 3.20. The summed E-state index contributed by atoms with van der Waals surface area (Å²) in [5, 5.41) is 1.61. The first kappa shape index (κ1) is 19.3. The Morgan fingerprint density at radius 2 is 1.90 bits per heavy atom. The molecule has 30 heavy (non-hydrogen) atoms. The van der Waals surface area contributed by atoms with E-state index in [1.807, 2.05) is 12.1 Å². The Morgan fingerprint density at radius 1 is 1.10 bits per heavy atom. The fourth-order valence-electron chi connectivity index (χ4n) is 4.60. The summed E-state index contributed by atoms with van der Waals surface area (Å²) in [6.07, 6.45) is 5.32. The van der Waals surface area contributed by atoms with Crippen molar-refractivity contribution in [2.45, 2.75) is 32.4 Å². The molecule has 2 aromatic heterocycles. The molecule has 0 saturated carbocycles. The van der Waals surface area contributed by atoms with Gasteiger partial charge >= 0.3 is 0 Å². The number of rotatable bonds is 5. The molecule has 0 unspecified atom stereocenters. The van der Waals surface area contributed by atoms with Crippen molar-refractivity contribution in [3.8, 4) is 0 Å². The van der Waals surface area contributed by atoms with Crippen LogP contribution in [0.4, 0.5) is 0 Å². The van der Waals surface area contributed by atoms with Gasteiger partial charge in [-0.1, -0.05) is 41.9 Å². The van der Waals surface area contributed by atoms with Crippen LogP contribution < -0.4 is 5.56 Å². The number of nitrogens with zero attached hydrogens (tertiary/aromatic N) is 3. The highest BCUT2D eigenvalue weighted by atomic mass is 35.5. The SMILES string of the molecule is O=c1[nH]c2ccc(Cl)cc2c2c1ncn2CCC1CCN(Cc2ccccc2)CC1. The first-order valence-electron chi connectivity index (χ1n) is 10.6. The molecule has 1 fully saturated rings. The van der Waals surface area contributed by atoms with Crippen molar-refractivity contribution in [2.75, 3.05) is 13.1 Å². The number of H-pyrrole nitrogens is 1. The van der Waals surface area contributed by atoms with E-state index in [9.17, 15) is 4.79 Å². The van der Waals surface area contributed by atoms with Gasteiger partial charge in [0, 0.05) is 23.5 Å². The van der Waals surface area contributed by atoms with E-state index in [1.165, 1.54) is 18.4 Å². The predicted molar refractivity (Wildman–Crippen MR) is 122 cm³/mol. The van der Waals surface area contributed by atoms with Crippen molar-refractivity contribution in [2.24, 2.45) is 5.92 Å². The minimum Gasteiger partial charge on any atom is -0.330 e.